The standard InChI is InChI=1S/C16H28N2S/c1-3-6-15(9-10-15)11-17-14-18-16(12-19-14)7-4-13(2)5-8-16/h13H,3-12H2,1-2H3,(H,17,18). The molecule has 3 rings (SSSR count). The molecular weight excluding hydrogens is 252 g/mol. The SMILES string of the molecule is CCCC1(CN=C2NC3(CCC(C)CC3)CS2)CC1. The first kappa shape index (κ1) is 13.8. The normalized spacial score (nSPS) is 38.6. The van der Waals surface area contributed by atoms with Gasteiger partial charge in [-0.05, 0) is 56.3 Å². The van der Waals surface area contributed by atoms with Gasteiger partial charge >= 0.3 is 0 Å². The highest BCUT2D eigenvalue weighted by Gasteiger charge is 2.43. The van der Waals surface area contributed by atoms with Crippen molar-refractivity contribution in [1.82, 2.24) is 5.32 Å². The van der Waals surface area contributed by atoms with Gasteiger partial charge in [0, 0.05) is 17.8 Å². The van der Waals surface area contributed by atoms with Crippen LogP contribution < -0.4 is 5.32 Å². The van der Waals surface area contributed by atoms with E-state index in [0.29, 0.717) is 11.0 Å². The number of rotatable bonds is 4. The summed E-state index contributed by atoms with van der Waals surface area (Å²) in [5.41, 5.74) is 0.998. The second-order valence-electron chi connectivity index (χ2n) is 7.25. The van der Waals surface area contributed by atoms with E-state index in [-0.39, 0.29) is 0 Å². The van der Waals surface area contributed by atoms with Gasteiger partial charge in [-0.3, -0.25) is 4.99 Å². The molecule has 1 aliphatic heterocycles. The quantitative estimate of drug-likeness (QED) is 0.834. The van der Waals surface area contributed by atoms with Crippen LogP contribution in [0.2, 0.25) is 0 Å². The van der Waals surface area contributed by atoms with Gasteiger partial charge in [-0.25, -0.2) is 0 Å². The van der Waals surface area contributed by atoms with Gasteiger partial charge in [-0.2, -0.15) is 0 Å². The highest BCUT2D eigenvalue weighted by atomic mass is 32.2. The van der Waals surface area contributed by atoms with Crippen LogP contribution in [0.3, 0.4) is 0 Å². The largest absolute Gasteiger partial charge is 0.359 e. The first-order valence-electron chi connectivity index (χ1n) is 8.11. The fourth-order valence-corrected chi connectivity index (χ4v) is 4.83. The molecule has 1 spiro atoms. The van der Waals surface area contributed by atoms with Crippen molar-refractivity contribution in [2.24, 2.45) is 16.3 Å². The number of hydrogen-bond donors (Lipinski definition) is 1. The van der Waals surface area contributed by atoms with E-state index in [9.17, 15) is 0 Å². The minimum absolute atomic E-state index is 0.400. The summed E-state index contributed by atoms with van der Waals surface area (Å²) in [4.78, 5) is 4.91. The van der Waals surface area contributed by atoms with Crippen molar-refractivity contribution in [2.75, 3.05) is 12.3 Å². The molecular formula is C16H28N2S. The minimum Gasteiger partial charge on any atom is -0.359 e. The van der Waals surface area contributed by atoms with Crippen LogP contribution in [0, 0.1) is 11.3 Å². The number of nitrogens with one attached hydrogen (secondary N) is 1. The van der Waals surface area contributed by atoms with E-state index < -0.39 is 0 Å². The molecule has 3 fully saturated rings. The summed E-state index contributed by atoms with van der Waals surface area (Å²) < 4.78 is 0. The molecule has 0 aromatic rings. The summed E-state index contributed by atoms with van der Waals surface area (Å²) in [6.07, 6.45) is 11.0. The summed E-state index contributed by atoms with van der Waals surface area (Å²) in [6, 6.07) is 0. The van der Waals surface area contributed by atoms with Crippen LogP contribution in [0.25, 0.3) is 0 Å². The van der Waals surface area contributed by atoms with E-state index in [1.54, 1.807) is 0 Å². The molecule has 3 heteroatoms. The van der Waals surface area contributed by atoms with Crippen molar-refractivity contribution < 1.29 is 0 Å². The Morgan fingerprint density at radius 1 is 1.26 bits per heavy atom. The highest BCUT2D eigenvalue weighted by molar-refractivity contribution is 8.14. The Bertz CT molecular complexity index is 352. The van der Waals surface area contributed by atoms with E-state index in [4.69, 9.17) is 4.99 Å². The Balaban J connectivity index is 1.54. The zero-order valence-corrected chi connectivity index (χ0v) is 13.3. The van der Waals surface area contributed by atoms with Gasteiger partial charge in [0.15, 0.2) is 5.17 Å². The lowest BCUT2D eigenvalue weighted by atomic mass is 9.78. The third-order valence-electron chi connectivity index (χ3n) is 5.38. The average molecular weight is 280 g/mol. The van der Waals surface area contributed by atoms with E-state index in [2.05, 4.69) is 19.2 Å². The predicted molar refractivity (Wildman–Crippen MR) is 84.8 cm³/mol. The van der Waals surface area contributed by atoms with E-state index in [1.165, 1.54) is 62.3 Å². The van der Waals surface area contributed by atoms with Crippen LogP contribution in [0.1, 0.15) is 65.2 Å². The molecule has 1 N–H and O–H groups in total. The first-order chi connectivity index (χ1) is 9.15. The van der Waals surface area contributed by atoms with Crippen LogP contribution in [-0.4, -0.2) is 23.0 Å². The van der Waals surface area contributed by atoms with Gasteiger partial charge in [0.1, 0.15) is 0 Å². The van der Waals surface area contributed by atoms with Crippen LogP contribution in [0.5, 0.6) is 0 Å². The van der Waals surface area contributed by atoms with Crippen molar-refractivity contribution >= 4 is 16.9 Å². The molecule has 108 valence electrons. The fourth-order valence-electron chi connectivity index (χ4n) is 3.61. The highest BCUT2D eigenvalue weighted by Crippen LogP contribution is 2.50. The van der Waals surface area contributed by atoms with Gasteiger partial charge in [0.25, 0.3) is 0 Å². The van der Waals surface area contributed by atoms with Gasteiger partial charge < -0.3 is 5.32 Å². The van der Waals surface area contributed by atoms with Gasteiger partial charge in [-0.1, -0.05) is 32.0 Å². The molecule has 0 bridgehead atoms. The Kier molecular flexibility index (Phi) is 3.85. The number of amidine groups is 1. The summed E-state index contributed by atoms with van der Waals surface area (Å²) in [7, 11) is 0. The molecule has 0 unspecified atom stereocenters. The molecule has 1 heterocycles. The lowest BCUT2D eigenvalue weighted by Crippen LogP contribution is -2.46. The zero-order valence-electron chi connectivity index (χ0n) is 12.5. The number of hydrogen-bond acceptors (Lipinski definition) is 2. The van der Waals surface area contributed by atoms with Crippen molar-refractivity contribution in [3.8, 4) is 0 Å². The second kappa shape index (κ2) is 5.31. The minimum atomic E-state index is 0.400. The van der Waals surface area contributed by atoms with Crippen molar-refractivity contribution in [1.29, 1.82) is 0 Å². The molecule has 0 atom stereocenters. The Morgan fingerprint density at radius 3 is 2.63 bits per heavy atom. The van der Waals surface area contributed by atoms with Crippen molar-refractivity contribution in [2.45, 2.75) is 70.8 Å². The monoisotopic (exact) mass is 280 g/mol. The molecule has 2 aliphatic carbocycles. The Morgan fingerprint density at radius 2 is 2.00 bits per heavy atom. The topological polar surface area (TPSA) is 24.4 Å². The molecule has 0 amide bonds. The molecule has 3 aliphatic rings. The average Bonchev–Trinajstić information content (AvgIpc) is 3.06. The predicted octanol–water partition coefficient (Wildman–Crippen LogP) is 4.21. The molecule has 1 saturated heterocycles. The molecule has 19 heavy (non-hydrogen) atoms. The van der Waals surface area contributed by atoms with Crippen LogP contribution in [-0.2, 0) is 0 Å². The second-order valence-corrected chi connectivity index (χ2v) is 8.21. The third-order valence-corrected chi connectivity index (χ3v) is 6.59. The van der Waals surface area contributed by atoms with E-state index in [0.717, 1.165) is 12.5 Å². The smallest absolute Gasteiger partial charge is 0.157 e. The number of nitrogens with zero attached hydrogens (tertiary/aromatic N) is 1. The first-order valence-corrected chi connectivity index (χ1v) is 9.09. The van der Waals surface area contributed by atoms with Crippen molar-refractivity contribution in [3.05, 3.63) is 0 Å². The van der Waals surface area contributed by atoms with Crippen molar-refractivity contribution in [3.63, 3.8) is 0 Å². The summed E-state index contributed by atoms with van der Waals surface area (Å²) in [6.45, 7) is 5.77. The van der Waals surface area contributed by atoms with E-state index >= 15 is 0 Å². The van der Waals surface area contributed by atoms with Crippen LogP contribution >= 0.6 is 11.8 Å². The maximum atomic E-state index is 4.91. The molecule has 2 saturated carbocycles. The summed E-state index contributed by atoms with van der Waals surface area (Å²) in [5, 5.41) is 5.03. The maximum Gasteiger partial charge on any atom is 0.157 e. The molecule has 0 radical (unpaired) electrons. The van der Waals surface area contributed by atoms with Gasteiger partial charge in [0.05, 0.1) is 0 Å². The fraction of sp³-hybridized carbons (Fsp3) is 0.938. The summed E-state index contributed by atoms with van der Waals surface area (Å²) in [5.74, 6) is 2.18. The third kappa shape index (κ3) is 3.12. The maximum absolute atomic E-state index is 4.91. The van der Waals surface area contributed by atoms with Crippen LogP contribution in [0.15, 0.2) is 4.99 Å². The lowest BCUT2D eigenvalue weighted by Gasteiger charge is -2.35. The summed E-state index contributed by atoms with van der Waals surface area (Å²) >= 11 is 1.97. The molecule has 2 nitrogen and oxygen atoms in total. The molecule has 0 aromatic heterocycles. The number of aliphatic imine (C=N–C) groups is 1. The Hall–Kier alpha value is -0.180. The van der Waals surface area contributed by atoms with Gasteiger partial charge in [-0.15, -0.1) is 0 Å². The number of thioether (sulfide) groups is 1. The van der Waals surface area contributed by atoms with Crippen LogP contribution in [0.4, 0.5) is 0 Å². The molecule has 0 aromatic carbocycles. The van der Waals surface area contributed by atoms with Gasteiger partial charge in [0.2, 0.25) is 0 Å². The van der Waals surface area contributed by atoms with E-state index in [1.807, 2.05) is 11.8 Å². The lowest BCUT2D eigenvalue weighted by molar-refractivity contribution is 0.250. The Labute approximate surface area is 122 Å². The zero-order chi connectivity index (χ0) is 13.3.